The molecular weight excluding hydrogens is 178 g/mol. The number of ether oxygens (including phenoxy) is 1. The lowest BCUT2D eigenvalue weighted by molar-refractivity contribution is -0.122. The third-order valence-corrected chi connectivity index (χ3v) is 2.39. The Morgan fingerprint density at radius 1 is 1.57 bits per heavy atom. The van der Waals surface area contributed by atoms with Crippen LogP contribution >= 0.6 is 0 Å². The minimum Gasteiger partial charge on any atom is -0.376 e. The quantitative estimate of drug-likeness (QED) is 0.755. The molecule has 0 aromatic rings. The number of nitrogens with one attached hydrogen (secondary N) is 1. The van der Waals surface area contributed by atoms with Gasteiger partial charge in [-0.3, -0.25) is 4.79 Å². The van der Waals surface area contributed by atoms with Gasteiger partial charge in [0.2, 0.25) is 5.91 Å². The maximum atomic E-state index is 11.3. The van der Waals surface area contributed by atoms with Crippen molar-refractivity contribution in [3.8, 4) is 0 Å². The van der Waals surface area contributed by atoms with Crippen molar-refractivity contribution in [2.24, 2.45) is 5.92 Å². The summed E-state index contributed by atoms with van der Waals surface area (Å²) >= 11 is 0. The summed E-state index contributed by atoms with van der Waals surface area (Å²) < 4.78 is 5.52. The average molecular weight is 201 g/mol. The van der Waals surface area contributed by atoms with Crippen molar-refractivity contribution >= 4 is 5.91 Å². The standard InChI is InChI=1S/C11H21NO2.H2/c1-9(2)7-11(13)12-8-10-5-3-4-6-14-10;/h9-10H,3-8H2,1-2H3,(H,12,13);1H. The topological polar surface area (TPSA) is 38.3 Å². The van der Waals surface area contributed by atoms with Crippen LogP contribution in [0.1, 0.15) is 41.0 Å². The van der Waals surface area contributed by atoms with E-state index in [1.54, 1.807) is 0 Å². The molecule has 1 unspecified atom stereocenters. The minimum absolute atomic E-state index is 0. The Morgan fingerprint density at radius 2 is 2.36 bits per heavy atom. The molecule has 0 saturated carbocycles. The molecule has 0 aromatic heterocycles. The van der Waals surface area contributed by atoms with Gasteiger partial charge in [-0.25, -0.2) is 0 Å². The number of hydrogen-bond acceptors (Lipinski definition) is 2. The summed E-state index contributed by atoms with van der Waals surface area (Å²) in [7, 11) is 0. The molecule has 0 aromatic carbocycles. The molecule has 1 saturated heterocycles. The molecule has 1 amide bonds. The van der Waals surface area contributed by atoms with Crippen LogP contribution in [0.4, 0.5) is 0 Å². The highest BCUT2D eigenvalue weighted by molar-refractivity contribution is 5.76. The van der Waals surface area contributed by atoms with E-state index in [2.05, 4.69) is 19.2 Å². The van der Waals surface area contributed by atoms with Crippen molar-refractivity contribution in [3.05, 3.63) is 0 Å². The number of rotatable bonds is 4. The monoisotopic (exact) mass is 201 g/mol. The molecule has 0 bridgehead atoms. The highest BCUT2D eigenvalue weighted by atomic mass is 16.5. The minimum atomic E-state index is 0. The Morgan fingerprint density at radius 3 is 2.93 bits per heavy atom. The SMILES string of the molecule is CC(C)CC(=O)NCC1CCCCO1.[HH]. The Kier molecular flexibility index (Phi) is 4.94. The van der Waals surface area contributed by atoms with Crippen LogP contribution in [0.2, 0.25) is 0 Å². The zero-order valence-corrected chi connectivity index (χ0v) is 9.21. The molecule has 1 atom stereocenters. The second-order valence-electron chi connectivity index (χ2n) is 4.39. The molecule has 1 heterocycles. The van der Waals surface area contributed by atoms with Crippen molar-refractivity contribution in [3.63, 3.8) is 0 Å². The summed E-state index contributed by atoms with van der Waals surface area (Å²) in [5.74, 6) is 0.580. The lowest BCUT2D eigenvalue weighted by atomic mass is 10.1. The van der Waals surface area contributed by atoms with E-state index < -0.39 is 0 Å². The fourth-order valence-electron chi connectivity index (χ4n) is 1.64. The van der Waals surface area contributed by atoms with Crippen LogP contribution in [-0.2, 0) is 9.53 Å². The van der Waals surface area contributed by atoms with E-state index >= 15 is 0 Å². The normalized spacial score (nSPS) is 22.4. The molecule has 3 heteroatoms. The first-order valence-corrected chi connectivity index (χ1v) is 5.57. The summed E-state index contributed by atoms with van der Waals surface area (Å²) in [6.45, 7) is 5.64. The van der Waals surface area contributed by atoms with E-state index in [1.165, 1.54) is 6.42 Å². The molecular formula is C11H23NO2. The Labute approximate surface area is 87.7 Å². The van der Waals surface area contributed by atoms with Crippen LogP contribution in [0.3, 0.4) is 0 Å². The van der Waals surface area contributed by atoms with E-state index in [9.17, 15) is 4.79 Å². The smallest absolute Gasteiger partial charge is 0.220 e. The van der Waals surface area contributed by atoms with E-state index in [0.717, 1.165) is 19.4 Å². The molecule has 0 aliphatic carbocycles. The number of carbonyl (C=O) groups is 1. The predicted molar refractivity (Wildman–Crippen MR) is 58.2 cm³/mol. The van der Waals surface area contributed by atoms with Gasteiger partial charge in [-0.1, -0.05) is 13.8 Å². The molecule has 1 N–H and O–H groups in total. The Hall–Kier alpha value is -0.570. The first-order chi connectivity index (χ1) is 6.68. The maximum absolute atomic E-state index is 11.3. The van der Waals surface area contributed by atoms with E-state index in [4.69, 9.17) is 4.74 Å². The van der Waals surface area contributed by atoms with Gasteiger partial charge < -0.3 is 10.1 Å². The van der Waals surface area contributed by atoms with Gasteiger partial charge in [-0.2, -0.15) is 0 Å². The fraction of sp³-hybridized carbons (Fsp3) is 0.909. The predicted octanol–water partition coefficient (Wildman–Crippen LogP) is 1.96. The molecule has 1 rings (SSSR count). The summed E-state index contributed by atoms with van der Waals surface area (Å²) in [6, 6.07) is 0. The fourth-order valence-corrected chi connectivity index (χ4v) is 1.64. The first kappa shape index (κ1) is 11.5. The summed E-state index contributed by atoms with van der Waals surface area (Å²) in [5, 5.41) is 2.92. The highest BCUT2D eigenvalue weighted by Crippen LogP contribution is 2.11. The van der Waals surface area contributed by atoms with Crippen LogP contribution < -0.4 is 5.32 Å². The van der Waals surface area contributed by atoms with E-state index in [0.29, 0.717) is 18.9 Å². The summed E-state index contributed by atoms with van der Waals surface area (Å²) in [6.07, 6.45) is 4.34. The van der Waals surface area contributed by atoms with Crippen LogP contribution in [0.5, 0.6) is 0 Å². The van der Waals surface area contributed by atoms with Crippen LogP contribution in [-0.4, -0.2) is 25.2 Å². The summed E-state index contributed by atoms with van der Waals surface area (Å²) in [5.41, 5.74) is 0. The third-order valence-electron chi connectivity index (χ3n) is 2.39. The van der Waals surface area contributed by atoms with Gasteiger partial charge in [0.15, 0.2) is 0 Å². The molecule has 0 radical (unpaired) electrons. The number of hydrogen-bond donors (Lipinski definition) is 1. The van der Waals surface area contributed by atoms with Crippen molar-refractivity contribution < 1.29 is 11.0 Å². The zero-order chi connectivity index (χ0) is 10.4. The lowest BCUT2D eigenvalue weighted by Gasteiger charge is -2.22. The molecule has 0 spiro atoms. The molecule has 14 heavy (non-hydrogen) atoms. The third kappa shape index (κ3) is 4.61. The largest absolute Gasteiger partial charge is 0.376 e. The van der Waals surface area contributed by atoms with Crippen molar-refractivity contribution in [2.45, 2.75) is 45.6 Å². The van der Waals surface area contributed by atoms with Gasteiger partial charge in [-0.05, 0) is 25.2 Å². The zero-order valence-electron chi connectivity index (χ0n) is 9.21. The highest BCUT2D eigenvalue weighted by Gasteiger charge is 2.14. The van der Waals surface area contributed by atoms with Gasteiger partial charge in [-0.15, -0.1) is 0 Å². The number of amides is 1. The van der Waals surface area contributed by atoms with E-state index in [1.807, 2.05) is 0 Å². The van der Waals surface area contributed by atoms with Crippen molar-refractivity contribution in [1.82, 2.24) is 5.32 Å². The Bertz CT molecular complexity index is 179. The second kappa shape index (κ2) is 6.02. The Balaban J connectivity index is 0.00000196. The lowest BCUT2D eigenvalue weighted by Crippen LogP contribution is -2.35. The van der Waals surface area contributed by atoms with Crippen LogP contribution in [0, 0.1) is 5.92 Å². The van der Waals surface area contributed by atoms with Gasteiger partial charge >= 0.3 is 0 Å². The molecule has 1 aliphatic heterocycles. The second-order valence-corrected chi connectivity index (χ2v) is 4.39. The molecule has 3 nitrogen and oxygen atoms in total. The van der Waals surface area contributed by atoms with Crippen LogP contribution in [0.25, 0.3) is 0 Å². The van der Waals surface area contributed by atoms with Crippen molar-refractivity contribution in [2.75, 3.05) is 13.2 Å². The maximum Gasteiger partial charge on any atom is 0.220 e. The summed E-state index contributed by atoms with van der Waals surface area (Å²) in [4.78, 5) is 11.3. The van der Waals surface area contributed by atoms with Gasteiger partial charge in [0.25, 0.3) is 0 Å². The van der Waals surface area contributed by atoms with E-state index in [-0.39, 0.29) is 13.4 Å². The molecule has 84 valence electrons. The first-order valence-electron chi connectivity index (χ1n) is 5.57. The van der Waals surface area contributed by atoms with Gasteiger partial charge in [0.1, 0.15) is 0 Å². The molecule has 1 aliphatic rings. The van der Waals surface area contributed by atoms with Crippen molar-refractivity contribution in [1.29, 1.82) is 0 Å². The molecule has 1 fully saturated rings. The van der Waals surface area contributed by atoms with Gasteiger partial charge in [0.05, 0.1) is 6.10 Å². The number of carbonyl (C=O) groups excluding carboxylic acids is 1. The van der Waals surface area contributed by atoms with Crippen LogP contribution in [0.15, 0.2) is 0 Å². The van der Waals surface area contributed by atoms with Gasteiger partial charge in [0, 0.05) is 21.0 Å². The average Bonchev–Trinajstić information content (AvgIpc) is 2.15.